The Hall–Kier alpha value is -3.20. The first-order valence-corrected chi connectivity index (χ1v) is 15.5. The molecule has 1 atom stereocenters. The smallest absolute Gasteiger partial charge is 0.258 e. The van der Waals surface area contributed by atoms with Crippen LogP contribution in [0.25, 0.3) is 0 Å². The number of nitriles is 1. The Bertz CT molecular complexity index is 1450. The van der Waals surface area contributed by atoms with E-state index in [-0.39, 0.29) is 30.0 Å². The number of piperidine rings is 1. The maximum atomic E-state index is 13.6. The second-order valence-electron chi connectivity index (χ2n) is 12.1. The molecule has 2 aromatic rings. The zero-order chi connectivity index (χ0) is 28.1. The van der Waals surface area contributed by atoms with Crippen molar-refractivity contribution in [3.05, 3.63) is 42.0 Å². The SMILES string of the molecule is C[C@@H]1CN(c2cccc(NC(=O)c3ccc(S(=O)(=O)N4CC(C)(C#N)C4)cc3N3CCC4(CC3)CC4)n2)CCO1. The molecular formula is C29H36N6O4S. The molecule has 4 aliphatic rings. The van der Waals surface area contributed by atoms with Crippen LogP contribution in [-0.4, -0.2) is 75.6 Å². The topological polar surface area (TPSA) is 119 Å². The van der Waals surface area contributed by atoms with Gasteiger partial charge in [-0.3, -0.25) is 4.79 Å². The lowest BCUT2D eigenvalue weighted by Crippen LogP contribution is -2.56. The van der Waals surface area contributed by atoms with Crippen LogP contribution < -0.4 is 15.1 Å². The van der Waals surface area contributed by atoms with Crippen molar-refractivity contribution in [3.63, 3.8) is 0 Å². The maximum Gasteiger partial charge on any atom is 0.258 e. The molecule has 11 heteroatoms. The molecule has 3 aliphatic heterocycles. The van der Waals surface area contributed by atoms with E-state index in [1.54, 1.807) is 25.1 Å². The zero-order valence-electron chi connectivity index (χ0n) is 23.1. The van der Waals surface area contributed by atoms with E-state index in [0.717, 1.165) is 44.8 Å². The van der Waals surface area contributed by atoms with Crippen LogP contribution in [0.3, 0.4) is 0 Å². The molecule has 40 heavy (non-hydrogen) atoms. The van der Waals surface area contributed by atoms with Gasteiger partial charge in [-0.05, 0) is 75.3 Å². The molecule has 1 amide bonds. The molecule has 1 aliphatic carbocycles. The third-order valence-electron chi connectivity index (χ3n) is 8.84. The second-order valence-corrected chi connectivity index (χ2v) is 14.0. The number of ether oxygens (including phenoxy) is 1. The van der Waals surface area contributed by atoms with E-state index in [4.69, 9.17) is 4.74 Å². The molecular weight excluding hydrogens is 528 g/mol. The average Bonchev–Trinajstić information content (AvgIpc) is 3.70. The van der Waals surface area contributed by atoms with E-state index in [9.17, 15) is 18.5 Å². The maximum absolute atomic E-state index is 13.6. The van der Waals surface area contributed by atoms with Crippen LogP contribution in [0.4, 0.5) is 17.3 Å². The molecule has 1 saturated carbocycles. The molecule has 1 aromatic heterocycles. The minimum atomic E-state index is -3.78. The lowest BCUT2D eigenvalue weighted by Gasteiger charge is -2.42. The molecule has 0 bridgehead atoms. The lowest BCUT2D eigenvalue weighted by molar-refractivity contribution is 0.0529. The zero-order valence-corrected chi connectivity index (χ0v) is 23.9. The number of rotatable bonds is 6. The summed E-state index contributed by atoms with van der Waals surface area (Å²) >= 11 is 0. The van der Waals surface area contributed by atoms with E-state index < -0.39 is 15.4 Å². The number of carbonyl (C=O) groups excluding carboxylic acids is 1. The van der Waals surface area contributed by atoms with Crippen molar-refractivity contribution in [1.82, 2.24) is 9.29 Å². The van der Waals surface area contributed by atoms with Crippen molar-refractivity contribution >= 4 is 33.3 Å². The Balaban J connectivity index is 1.27. The number of carbonyl (C=O) groups is 1. The van der Waals surface area contributed by atoms with Crippen molar-refractivity contribution in [2.24, 2.45) is 10.8 Å². The van der Waals surface area contributed by atoms with Crippen LogP contribution in [0.5, 0.6) is 0 Å². The third kappa shape index (κ3) is 5.16. The van der Waals surface area contributed by atoms with Crippen molar-refractivity contribution in [2.75, 3.05) is 61.0 Å². The molecule has 1 N–H and O–H groups in total. The molecule has 4 heterocycles. The van der Waals surface area contributed by atoms with Gasteiger partial charge in [0.2, 0.25) is 10.0 Å². The first-order chi connectivity index (χ1) is 19.1. The second kappa shape index (κ2) is 10.0. The summed E-state index contributed by atoms with van der Waals surface area (Å²) < 4.78 is 33.8. The molecule has 1 aromatic carbocycles. The normalized spacial score (nSPS) is 23.8. The van der Waals surface area contributed by atoms with Crippen molar-refractivity contribution < 1.29 is 17.9 Å². The Morgan fingerprint density at radius 1 is 1.10 bits per heavy atom. The van der Waals surface area contributed by atoms with Gasteiger partial charge in [0.05, 0.1) is 40.3 Å². The Morgan fingerprint density at radius 2 is 1.85 bits per heavy atom. The van der Waals surface area contributed by atoms with Crippen LogP contribution in [-0.2, 0) is 14.8 Å². The summed E-state index contributed by atoms with van der Waals surface area (Å²) in [7, 11) is -3.78. The van der Waals surface area contributed by atoms with Crippen LogP contribution in [0.2, 0.25) is 0 Å². The summed E-state index contributed by atoms with van der Waals surface area (Å²) in [6, 6.07) is 12.5. The number of nitrogens with zero attached hydrogens (tertiary/aromatic N) is 5. The molecule has 4 fully saturated rings. The van der Waals surface area contributed by atoms with Gasteiger partial charge in [0.1, 0.15) is 11.6 Å². The number of anilines is 3. The highest BCUT2D eigenvalue weighted by Gasteiger charge is 2.47. The van der Waals surface area contributed by atoms with Crippen molar-refractivity contribution in [3.8, 4) is 6.07 Å². The highest BCUT2D eigenvalue weighted by atomic mass is 32.2. The standard InChI is InChI=1S/C29H36N6O4S/c1-21-17-34(14-15-39-21)26-5-3-4-25(31-26)32-27(36)23-7-6-22(40(37,38)35-19-28(2,18-30)20-35)16-24(23)33-12-10-29(8-9-29)11-13-33/h3-7,16,21H,8-15,17,19-20H2,1-2H3,(H,31,32,36)/t21-/m1/s1. The van der Waals surface area contributed by atoms with E-state index in [0.29, 0.717) is 29.1 Å². The number of benzene rings is 1. The first kappa shape index (κ1) is 27.0. The predicted octanol–water partition coefficient (Wildman–Crippen LogP) is 3.47. The van der Waals surface area contributed by atoms with Crippen molar-refractivity contribution in [1.29, 1.82) is 5.26 Å². The highest BCUT2D eigenvalue weighted by molar-refractivity contribution is 7.89. The number of hydrogen-bond acceptors (Lipinski definition) is 8. The molecule has 10 nitrogen and oxygen atoms in total. The fourth-order valence-electron chi connectivity index (χ4n) is 6.03. The number of sulfonamides is 1. The fraction of sp³-hybridized carbons (Fsp3) is 0.552. The van der Waals surface area contributed by atoms with Crippen molar-refractivity contribution in [2.45, 2.75) is 50.5 Å². The van der Waals surface area contributed by atoms with Gasteiger partial charge in [-0.2, -0.15) is 9.57 Å². The number of amides is 1. The predicted molar refractivity (Wildman–Crippen MR) is 152 cm³/mol. The lowest BCUT2D eigenvalue weighted by atomic mass is 9.86. The van der Waals surface area contributed by atoms with E-state index >= 15 is 0 Å². The van der Waals surface area contributed by atoms with Gasteiger partial charge in [0.15, 0.2) is 0 Å². The van der Waals surface area contributed by atoms with Crippen LogP contribution in [0.15, 0.2) is 41.3 Å². The Kier molecular flexibility index (Phi) is 6.76. The number of morpholine rings is 1. The summed E-state index contributed by atoms with van der Waals surface area (Å²) in [5.74, 6) is 0.891. The number of nitrogens with one attached hydrogen (secondary N) is 1. The van der Waals surface area contributed by atoms with E-state index in [1.807, 2.05) is 19.1 Å². The van der Waals surface area contributed by atoms with Gasteiger partial charge in [-0.1, -0.05) is 6.07 Å². The minimum Gasteiger partial charge on any atom is -0.375 e. The Morgan fingerprint density at radius 3 is 2.52 bits per heavy atom. The van der Waals surface area contributed by atoms with Crippen LogP contribution >= 0.6 is 0 Å². The quantitative estimate of drug-likeness (QED) is 0.567. The number of aromatic nitrogens is 1. The molecule has 1 spiro atoms. The van der Waals surface area contributed by atoms with Gasteiger partial charge < -0.3 is 19.9 Å². The van der Waals surface area contributed by atoms with Gasteiger partial charge in [-0.25, -0.2) is 13.4 Å². The van der Waals surface area contributed by atoms with Gasteiger partial charge in [0.25, 0.3) is 5.91 Å². The average molecular weight is 565 g/mol. The number of hydrogen-bond donors (Lipinski definition) is 1. The summed E-state index contributed by atoms with van der Waals surface area (Å²) in [4.78, 5) is 22.8. The van der Waals surface area contributed by atoms with Gasteiger partial charge in [0, 0.05) is 39.3 Å². The summed E-state index contributed by atoms with van der Waals surface area (Å²) in [5.41, 5.74) is 0.810. The molecule has 212 valence electrons. The highest BCUT2D eigenvalue weighted by Crippen LogP contribution is 2.54. The minimum absolute atomic E-state index is 0.107. The van der Waals surface area contributed by atoms with Gasteiger partial charge in [-0.15, -0.1) is 0 Å². The molecule has 6 rings (SSSR count). The molecule has 0 unspecified atom stereocenters. The van der Waals surface area contributed by atoms with E-state index in [1.165, 1.54) is 23.2 Å². The van der Waals surface area contributed by atoms with E-state index in [2.05, 4.69) is 26.2 Å². The largest absolute Gasteiger partial charge is 0.375 e. The third-order valence-corrected chi connectivity index (χ3v) is 10.6. The molecule has 0 radical (unpaired) electrons. The monoisotopic (exact) mass is 564 g/mol. The van der Waals surface area contributed by atoms with Gasteiger partial charge >= 0.3 is 0 Å². The fourth-order valence-corrected chi connectivity index (χ4v) is 7.73. The molecule has 3 saturated heterocycles. The Labute approximate surface area is 236 Å². The van der Waals surface area contributed by atoms with Crippen LogP contribution in [0.1, 0.15) is 49.9 Å². The number of pyridine rings is 1. The van der Waals surface area contributed by atoms with Crippen LogP contribution in [0, 0.1) is 22.2 Å². The first-order valence-electron chi connectivity index (χ1n) is 14.1. The summed E-state index contributed by atoms with van der Waals surface area (Å²) in [5, 5.41) is 12.3. The summed E-state index contributed by atoms with van der Waals surface area (Å²) in [6.45, 7) is 7.77. The summed E-state index contributed by atoms with van der Waals surface area (Å²) in [6.07, 6.45) is 4.69.